The zero-order valence-electron chi connectivity index (χ0n) is 21.3. The number of methoxy groups -OCH3 is 1. The molecule has 0 saturated heterocycles. The number of esters is 1. The molecule has 0 fully saturated rings. The molecule has 4 rings (SSSR count). The average molecular weight is 551 g/mol. The van der Waals surface area contributed by atoms with Gasteiger partial charge in [0.1, 0.15) is 18.3 Å². The van der Waals surface area contributed by atoms with Crippen LogP contribution in [0.3, 0.4) is 0 Å². The van der Waals surface area contributed by atoms with Crippen molar-refractivity contribution in [1.29, 1.82) is 0 Å². The number of phenols is 1. The van der Waals surface area contributed by atoms with E-state index in [1.54, 1.807) is 48.5 Å². The summed E-state index contributed by atoms with van der Waals surface area (Å²) in [5.74, 6) is -2.27. The van der Waals surface area contributed by atoms with Gasteiger partial charge < -0.3 is 20.5 Å². The number of ether oxygens (including phenoxy) is 1. The predicted octanol–water partition coefficient (Wildman–Crippen LogP) is 4.86. The van der Waals surface area contributed by atoms with Crippen molar-refractivity contribution in [1.82, 2.24) is 10.6 Å². The molecule has 0 unspecified atom stereocenters. The molecule has 4 aromatic rings. The minimum absolute atomic E-state index is 0.0258. The van der Waals surface area contributed by atoms with Crippen LogP contribution in [0, 0.1) is 0 Å². The number of rotatable bonds is 8. The molecule has 206 valence electrons. The first-order chi connectivity index (χ1) is 19.0. The summed E-state index contributed by atoms with van der Waals surface area (Å²) in [6, 6.07) is 20.5. The van der Waals surface area contributed by atoms with E-state index in [2.05, 4.69) is 15.4 Å². The predicted molar refractivity (Wildman–Crippen MR) is 142 cm³/mol. The maximum Gasteiger partial charge on any atom is 0.416 e. The number of alkyl halides is 3. The third kappa shape index (κ3) is 6.76. The Balaban J connectivity index is 1.54. The third-order valence-corrected chi connectivity index (χ3v) is 6.30. The van der Waals surface area contributed by atoms with Gasteiger partial charge in [0.2, 0.25) is 5.91 Å². The number of fused-ring (bicyclic) bond motifs is 1. The highest BCUT2D eigenvalue weighted by atomic mass is 19.4. The lowest BCUT2D eigenvalue weighted by Crippen LogP contribution is -2.49. The Morgan fingerprint density at radius 1 is 0.875 bits per heavy atom. The van der Waals surface area contributed by atoms with Crippen molar-refractivity contribution in [2.45, 2.75) is 18.6 Å². The van der Waals surface area contributed by atoms with Gasteiger partial charge in [-0.2, -0.15) is 13.2 Å². The average Bonchev–Trinajstić information content (AvgIpc) is 2.94. The molecule has 40 heavy (non-hydrogen) atoms. The molecule has 0 saturated carbocycles. The van der Waals surface area contributed by atoms with Crippen LogP contribution >= 0.6 is 0 Å². The van der Waals surface area contributed by atoms with Gasteiger partial charge in [0.25, 0.3) is 5.91 Å². The topological polar surface area (TPSA) is 105 Å². The van der Waals surface area contributed by atoms with Crippen molar-refractivity contribution in [2.24, 2.45) is 0 Å². The number of benzene rings is 4. The second-order valence-electron chi connectivity index (χ2n) is 9.01. The highest BCUT2D eigenvalue weighted by molar-refractivity contribution is 6.03. The minimum atomic E-state index is -4.43. The fourth-order valence-corrected chi connectivity index (χ4v) is 4.13. The first kappa shape index (κ1) is 28.2. The minimum Gasteiger partial charge on any atom is -0.507 e. The maximum atomic E-state index is 13.1. The number of amides is 2. The van der Waals surface area contributed by atoms with Gasteiger partial charge in [-0.15, -0.1) is 0 Å². The molecule has 0 bridgehead atoms. The monoisotopic (exact) mass is 550 g/mol. The fourth-order valence-electron chi connectivity index (χ4n) is 4.13. The molecular formula is C30H25F3N2O5. The molecule has 0 aliphatic carbocycles. The van der Waals surface area contributed by atoms with Crippen LogP contribution in [-0.4, -0.2) is 42.6 Å². The van der Waals surface area contributed by atoms with Crippen LogP contribution in [0.2, 0.25) is 0 Å². The van der Waals surface area contributed by atoms with Crippen LogP contribution in [0.15, 0.2) is 84.9 Å². The Morgan fingerprint density at radius 3 is 2.02 bits per heavy atom. The Hall–Kier alpha value is -4.86. The Morgan fingerprint density at radius 2 is 1.45 bits per heavy atom. The van der Waals surface area contributed by atoms with Crippen LogP contribution in [0.4, 0.5) is 13.2 Å². The normalized spacial score (nSPS) is 12.0. The van der Waals surface area contributed by atoms with E-state index in [9.17, 15) is 32.7 Å². The number of carbonyl (C=O) groups excluding carboxylic acids is 3. The molecular weight excluding hydrogens is 525 g/mol. The Kier molecular flexibility index (Phi) is 8.37. The van der Waals surface area contributed by atoms with Gasteiger partial charge in [-0.05, 0) is 51.7 Å². The van der Waals surface area contributed by atoms with Crippen LogP contribution in [-0.2, 0) is 26.9 Å². The zero-order valence-corrected chi connectivity index (χ0v) is 21.3. The first-order valence-electron chi connectivity index (χ1n) is 12.2. The molecule has 7 nitrogen and oxygen atoms in total. The van der Waals surface area contributed by atoms with Crippen LogP contribution in [0.1, 0.15) is 21.5 Å². The molecule has 2 amide bonds. The van der Waals surface area contributed by atoms with Crippen LogP contribution in [0.25, 0.3) is 21.9 Å². The van der Waals surface area contributed by atoms with Gasteiger partial charge in [0, 0.05) is 6.42 Å². The molecule has 4 aromatic carbocycles. The summed E-state index contributed by atoms with van der Waals surface area (Å²) in [6.45, 7) is -0.407. The Labute approximate surface area is 227 Å². The van der Waals surface area contributed by atoms with E-state index in [0.29, 0.717) is 16.7 Å². The molecule has 0 heterocycles. The zero-order chi connectivity index (χ0) is 28.9. The summed E-state index contributed by atoms with van der Waals surface area (Å²) in [5, 5.41) is 16.9. The molecule has 0 aliphatic rings. The second kappa shape index (κ2) is 11.9. The molecule has 0 aromatic heterocycles. The molecule has 10 heteroatoms. The standard InChI is InChI=1S/C30H25F3N2O5/c1-40-27(37)17-34-29(39)25(35-28(38)24-15-21-4-2-3-5-22(21)16-26(24)36)14-18-6-8-19(9-7-18)20-10-12-23(13-11-20)30(31,32)33/h2-13,15-16,25,36H,14,17H2,1H3,(H,34,39)(H,35,38)/t25-/m0/s1. The highest BCUT2D eigenvalue weighted by Crippen LogP contribution is 2.31. The number of hydrogen-bond donors (Lipinski definition) is 3. The summed E-state index contributed by atoms with van der Waals surface area (Å²) >= 11 is 0. The largest absolute Gasteiger partial charge is 0.507 e. The van der Waals surface area contributed by atoms with Crippen molar-refractivity contribution >= 4 is 28.6 Å². The van der Waals surface area contributed by atoms with Gasteiger partial charge in [0.05, 0.1) is 18.2 Å². The number of carbonyl (C=O) groups is 3. The van der Waals surface area contributed by atoms with E-state index >= 15 is 0 Å². The second-order valence-corrected chi connectivity index (χ2v) is 9.01. The van der Waals surface area contributed by atoms with Crippen molar-refractivity contribution in [3.05, 3.63) is 102 Å². The van der Waals surface area contributed by atoms with E-state index in [-0.39, 0.29) is 17.7 Å². The lowest BCUT2D eigenvalue weighted by Gasteiger charge is -2.19. The van der Waals surface area contributed by atoms with Crippen molar-refractivity contribution in [3.63, 3.8) is 0 Å². The number of halogens is 3. The number of hydrogen-bond acceptors (Lipinski definition) is 5. The van der Waals surface area contributed by atoms with E-state index in [1.807, 2.05) is 0 Å². The van der Waals surface area contributed by atoms with Gasteiger partial charge in [-0.25, -0.2) is 0 Å². The molecule has 0 aliphatic heterocycles. The van der Waals surface area contributed by atoms with Gasteiger partial charge in [0.15, 0.2) is 0 Å². The summed E-state index contributed by atoms with van der Waals surface area (Å²) in [5.41, 5.74) is 1.10. The lowest BCUT2D eigenvalue weighted by atomic mass is 9.99. The lowest BCUT2D eigenvalue weighted by molar-refractivity contribution is -0.141. The van der Waals surface area contributed by atoms with Crippen LogP contribution in [0.5, 0.6) is 5.75 Å². The maximum absolute atomic E-state index is 13.1. The quantitative estimate of drug-likeness (QED) is 0.272. The molecule has 0 spiro atoms. The van der Waals surface area contributed by atoms with E-state index in [4.69, 9.17) is 0 Å². The third-order valence-electron chi connectivity index (χ3n) is 6.30. The van der Waals surface area contributed by atoms with Crippen molar-refractivity contribution in [3.8, 4) is 16.9 Å². The molecule has 3 N–H and O–H groups in total. The van der Waals surface area contributed by atoms with E-state index < -0.39 is 42.1 Å². The van der Waals surface area contributed by atoms with Gasteiger partial charge in [-0.3, -0.25) is 14.4 Å². The summed E-state index contributed by atoms with van der Waals surface area (Å²) < 4.78 is 43.2. The number of phenolic OH excluding ortho intramolecular Hbond substituents is 1. The highest BCUT2D eigenvalue weighted by Gasteiger charge is 2.30. The van der Waals surface area contributed by atoms with E-state index in [1.165, 1.54) is 31.4 Å². The van der Waals surface area contributed by atoms with Crippen molar-refractivity contribution < 1.29 is 37.4 Å². The number of nitrogens with one attached hydrogen (secondary N) is 2. The van der Waals surface area contributed by atoms with Crippen molar-refractivity contribution in [2.75, 3.05) is 13.7 Å². The molecule has 1 atom stereocenters. The Bertz CT molecular complexity index is 1530. The van der Waals surface area contributed by atoms with Gasteiger partial charge >= 0.3 is 12.1 Å². The molecule has 0 radical (unpaired) electrons. The summed E-state index contributed by atoms with van der Waals surface area (Å²) in [4.78, 5) is 37.6. The first-order valence-corrected chi connectivity index (χ1v) is 12.2. The van der Waals surface area contributed by atoms with E-state index in [0.717, 1.165) is 22.9 Å². The number of aromatic hydroxyl groups is 1. The summed E-state index contributed by atoms with van der Waals surface area (Å²) in [7, 11) is 1.18. The van der Waals surface area contributed by atoms with Gasteiger partial charge in [-0.1, -0.05) is 60.7 Å². The fraction of sp³-hybridized carbons (Fsp3) is 0.167. The SMILES string of the molecule is COC(=O)CNC(=O)[C@H](Cc1ccc(-c2ccc(C(F)(F)F)cc2)cc1)NC(=O)c1cc2ccccc2cc1O. The smallest absolute Gasteiger partial charge is 0.416 e. The van der Waals surface area contributed by atoms with Crippen LogP contribution < -0.4 is 10.6 Å². The summed E-state index contributed by atoms with van der Waals surface area (Å²) in [6.07, 6.45) is -4.40.